The summed E-state index contributed by atoms with van der Waals surface area (Å²) >= 11 is 3.20. The van der Waals surface area contributed by atoms with Crippen LogP contribution in [0, 0.1) is 17.9 Å². The second-order valence-electron chi connectivity index (χ2n) is 1.98. The van der Waals surface area contributed by atoms with Gasteiger partial charge in [0, 0.05) is 4.47 Å². The summed E-state index contributed by atoms with van der Waals surface area (Å²) in [5, 5.41) is 17.2. The molecule has 1 N–H and O–H groups in total. The Bertz CT molecular complexity index is 303. The fourth-order valence-electron chi connectivity index (χ4n) is 0.709. The molecule has 55 valence electrons. The zero-order valence-corrected chi connectivity index (χ0v) is 7.17. The van der Waals surface area contributed by atoms with E-state index in [-0.39, 0.29) is 0 Å². The van der Waals surface area contributed by atoms with Gasteiger partial charge in [0.05, 0.1) is 5.56 Å². The predicted octanol–water partition coefficient (Wildman–Crippen LogP) is 2.20. The molecule has 0 saturated heterocycles. The minimum absolute atomic E-state index is 0.521. The number of halogens is 1. The summed E-state index contributed by atoms with van der Waals surface area (Å²) in [7, 11) is 0. The minimum atomic E-state index is 0.521. The van der Waals surface area contributed by atoms with Crippen molar-refractivity contribution in [2.75, 3.05) is 0 Å². The second kappa shape index (κ2) is 3.51. The van der Waals surface area contributed by atoms with Gasteiger partial charge >= 0.3 is 0 Å². The van der Waals surface area contributed by atoms with Crippen molar-refractivity contribution in [3.63, 3.8) is 0 Å². The van der Waals surface area contributed by atoms with E-state index in [1.54, 1.807) is 18.2 Å². The third-order valence-corrected chi connectivity index (χ3v) is 1.95. The lowest BCUT2D eigenvalue weighted by Gasteiger charge is -1.96. The van der Waals surface area contributed by atoms with Gasteiger partial charge in [-0.05, 0) is 33.6 Å². The van der Waals surface area contributed by atoms with Crippen LogP contribution < -0.4 is 0 Å². The Labute approximate surface area is 73.2 Å². The first kappa shape index (κ1) is 8.25. The van der Waals surface area contributed by atoms with Crippen LogP contribution in [0.25, 0.3) is 0 Å². The monoisotopic (exact) mass is 210 g/mol. The molecule has 0 unspecified atom stereocenters. The largest absolute Gasteiger partial charge is 0.385 e. The molecule has 11 heavy (non-hydrogen) atoms. The maximum Gasteiger partial charge on any atom is 0.109 e. The Morgan fingerprint density at radius 3 is 2.82 bits per heavy atom. The van der Waals surface area contributed by atoms with Crippen LogP contribution in [-0.2, 0) is 0 Å². The predicted molar refractivity (Wildman–Crippen MR) is 44.2 cm³/mol. The Balaban J connectivity index is 3.15. The van der Waals surface area contributed by atoms with E-state index in [4.69, 9.17) is 10.4 Å². The smallest absolute Gasteiger partial charge is 0.109 e. The molecular weight excluding hydrogens is 206 g/mol. The molecule has 0 aromatic heterocycles. The summed E-state index contributed by atoms with van der Waals surface area (Å²) < 4.78 is 0.741. The van der Waals surface area contributed by atoms with E-state index in [1.807, 2.05) is 6.07 Å². The summed E-state index contributed by atoms with van der Waals surface area (Å²) in [6.07, 6.45) is 0. The van der Waals surface area contributed by atoms with Crippen LogP contribution in [0.3, 0.4) is 0 Å². The molecule has 1 aromatic carbocycles. The zero-order valence-electron chi connectivity index (χ0n) is 5.58. The van der Waals surface area contributed by atoms with Crippen LogP contribution in [-0.4, -0.2) is 5.11 Å². The summed E-state index contributed by atoms with van der Waals surface area (Å²) in [5.74, 6) is 0. The van der Waals surface area contributed by atoms with Crippen LogP contribution in [0.2, 0.25) is 0 Å². The molecule has 0 bridgehead atoms. The highest BCUT2D eigenvalue weighted by Crippen LogP contribution is 2.17. The van der Waals surface area contributed by atoms with E-state index < -0.39 is 0 Å². The number of hydrogen-bond donors (Lipinski definition) is 1. The van der Waals surface area contributed by atoms with Crippen molar-refractivity contribution in [1.29, 1.82) is 5.26 Å². The van der Waals surface area contributed by atoms with Gasteiger partial charge < -0.3 is 5.11 Å². The first-order chi connectivity index (χ1) is 5.27. The lowest BCUT2D eigenvalue weighted by molar-refractivity contribution is 0.415. The summed E-state index contributed by atoms with van der Waals surface area (Å²) in [5.41, 5.74) is 1.15. The van der Waals surface area contributed by atoms with Gasteiger partial charge in [-0.1, -0.05) is 6.07 Å². The molecule has 0 fully saturated rings. The number of aliphatic hydroxyl groups is 1. The number of hydrogen-bond acceptors (Lipinski definition) is 2. The number of nitriles is 1. The molecule has 0 spiro atoms. The molecule has 0 aliphatic carbocycles. The average molecular weight is 211 g/mol. The third kappa shape index (κ3) is 1.79. The average Bonchev–Trinajstić information content (AvgIpc) is 2.05. The molecular formula is C8H5BrNO. The molecule has 0 saturated carbocycles. The van der Waals surface area contributed by atoms with E-state index in [0.717, 1.165) is 11.1 Å². The molecule has 1 radical (unpaired) electrons. The van der Waals surface area contributed by atoms with Crippen LogP contribution in [0.5, 0.6) is 0 Å². The van der Waals surface area contributed by atoms with Gasteiger partial charge in [0.2, 0.25) is 0 Å². The third-order valence-electron chi connectivity index (χ3n) is 1.26. The molecule has 0 amide bonds. The zero-order chi connectivity index (χ0) is 8.27. The molecule has 1 aromatic rings. The van der Waals surface area contributed by atoms with Crippen LogP contribution in [0.15, 0.2) is 22.7 Å². The summed E-state index contributed by atoms with van der Waals surface area (Å²) in [6.45, 7) is 0.966. The number of nitrogens with zero attached hydrogens (tertiary/aromatic N) is 1. The molecule has 0 aliphatic rings. The van der Waals surface area contributed by atoms with E-state index in [2.05, 4.69) is 15.9 Å². The molecule has 0 atom stereocenters. The highest BCUT2D eigenvalue weighted by atomic mass is 79.9. The standard InChI is InChI=1S/C8H5BrNO/c9-8-2-1-6(5-11)3-7(8)4-10/h1-3,5,11H. The Morgan fingerprint density at radius 1 is 1.55 bits per heavy atom. The summed E-state index contributed by atoms with van der Waals surface area (Å²) in [6, 6.07) is 7.03. The first-order valence-corrected chi connectivity index (χ1v) is 3.74. The molecule has 3 heteroatoms. The van der Waals surface area contributed by atoms with Gasteiger partial charge in [-0.15, -0.1) is 0 Å². The normalized spacial score (nSPS) is 9.18. The van der Waals surface area contributed by atoms with Crippen molar-refractivity contribution in [3.05, 3.63) is 40.4 Å². The number of aliphatic hydroxyl groups excluding tert-OH is 1. The van der Waals surface area contributed by atoms with Gasteiger partial charge in [-0.2, -0.15) is 5.26 Å². The highest BCUT2D eigenvalue weighted by molar-refractivity contribution is 9.10. The van der Waals surface area contributed by atoms with Crippen molar-refractivity contribution in [2.24, 2.45) is 0 Å². The van der Waals surface area contributed by atoms with Gasteiger partial charge in [-0.25, -0.2) is 0 Å². The van der Waals surface area contributed by atoms with Crippen molar-refractivity contribution < 1.29 is 5.11 Å². The van der Waals surface area contributed by atoms with Crippen LogP contribution in [0.1, 0.15) is 11.1 Å². The minimum Gasteiger partial charge on any atom is -0.385 e. The lowest BCUT2D eigenvalue weighted by Crippen LogP contribution is -1.83. The van der Waals surface area contributed by atoms with E-state index in [0.29, 0.717) is 11.1 Å². The Morgan fingerprint density at radius 2 is 2.27 bits per heavy atom. The molecule has 1 rings (SSSR count). The summed E-state index contributed by atoms with van der Waals surface area (Å²) in [4.78, 5) is 0. The lowest BCUT2D eigenvalue weighted by atomic mass is 10.1. The topological polar surface area (TPSA) is 44.0 Å². The quantitative estimate of drug-likeness (QED) is 0.773. The maximum atomic E-state index is 8.60. The van der Waals surface area contributed by atoms with Crippen molar-refractivity contribution in [3.8, 4) is 6.07 Å². The van der Waals surface area contributed by atoms with Crippen molar-refractivity contribution in [1.82, 2.24) is 0 Å². The van der Waals surface area contributed by atoms with Crippen LogP contribution >= 0.6 is 15.9 Å². The van der Waals surface area contributed by atoms with Gasteiger partial charge in [0.15, 0.2) is 0 Å². The van der Waals surface area contributed by atoms with Crippen LogP contribution in [0.4, 0.5) is 0 Å². The van der Waals surface area contributed by atoms with E-state index >= 15 is 0 Å². The molecule has 0 aliphatic heterocycles. The second-order valence-corrected chi connectivity index (χ2v) is 2.83. The number of rotatable bonds is 1. The first-order valence-electron chi connectivity index (χ1n) is 2.95. The van der Waals surface area contributed by atoms with Gasteiger partial charge in [0.25, 0.3) is 0 Å². The van der Waals surface area contributed by atoms with Gasteiger partial charge in [0.1, 0.15) is 12.7 Å². The fraction of sp³-hybridized carbons (Fsp3) is 0. The highest BCUT2D eigenvalue weighted by Gasteiger charge is 1.98. The number of benzene rings is 1. The maximum absolute atomic E-state index is 8.60. The van der Waals surface area contributed by atoms with Crippen molar-refractivity contribution in [2.45, 2.75) is 0 Å². The SMILES string of the molecule is N#Cc1cc([CH]O)ccc1Br. The Hall–Kier alpha value is -0.850. The molecule has 0 heterocycles. The van der Waals surface area contributed by atoms with Crippen molar-refractivity contribution >= 4 is 15.9 Å². The van der Waals surface area contributed by atoms with E-state index in [9.17, 15) is 0 Å². The van der Waals surface area contributed by atoms with E-state index in [1.165, 1.54) is 0 Å². The fourth-order valence-corrected chi connectivity index (χ4v) is 1.04. The molecule has 2 nitrogen and oxygen atoms in total. The Kier molecular flexibility index (Phi) is 2.64. The van der Waals surface area contributed by atoms with Gasteiger partial charge in [-0.3, -0.25) is 0 Å².